The van der Waals surface area contributed by atoms with Crippen LogP contribution in [0.25, 0.3) is 0 Å². The maximum Gasteiger partial charge on any atom is 0.222 e. The number of aliphatic hydroxyl groups excluding tert-OH is 1. The van der Waals surface area contributed by atoms with Crippen molar-refractivity contribution in [2.24, 2.45) is 0 Å². The second-order valence-corrected chi connectivity index (χ2v) is 5.77. The molecule has 1 aliphatic carbocycles. The van der Waals surface area contributed by atoms with Crippen molar-refractivity contribution in [3.05, 3.63) is 0 Å². The van der Waals surface area contributed by atoms with Crippen molar-refractivity contribution in [1.82, 2.24) is 4.90 Å². The molecule has 0 heterocycles. The molecule has 0 radical (unpaired) electrons. The molecule has 1 rings (SSSR count). The highest BCUT2D eigenvalue weighted by Gasteiger charge is 2.25. The van der Waals surface area contributed by atoms with E-state index in [2.05, 4.69) is 6.92 Å². The predicted octanol–water partition coefficient (Wildman–Crippen LogP) is 3.50. The molecule has 0 aromatic carbocycles. The maximum atomic E-state index is 12.2. The van der Waals surface area contributed by atoms with Crippen molar-refractivity contribution in [1.29, 1.82) is 0 Å². The number of hydrogen-bond donors (Lipinski definition) is 1. The van der Waals surface area contributed by atoms with E-state index < -0.39 is 0 Å². The molecule has 1 amide bonds. The number of unbranched alkanes of at least 4 members (excludes halogenated alkanes) is 5. The quantitative estimate of drug-likeness (QED) is 0.617. The Morgan fingerprint density at radius 1 is 1.11 bits per heavy atom. The van der Waals surface area contributed by atoms with E-state index in [1.807, 2.05) is 4.90 Å². The van der Waals surface area contributed by atoms with Crippen LogP contribution >= 0.6 is 0 Å². The molecule has 3 heteroatoms. The van der Waals surface area contributed by atoms with E-state index in [1.54, 1.807) is 0 Å². The van der Waals surface area contributed by atoms with E-state index in [4.69, 9.17) is 5.11 Å². The molecule has 0 aromatic rings. The van der Waals surface area contributed by atoms with Gasteiger partial charge in [0.2, 0.25) is 5.91 Å². The first-order valence-corrected chi connectivity index (χ1v) is 8.20. The Bertz CT molecular complexity index is 237. The van der Waals surface area contributed by atoms with E-state index >= 15 is 0 Å². The smallest absolute Gasteiger partial charge is 0.222 e. The van der Waals surface area contributed by atoms with Gasteiger partial charge in [0, 0.05) is 19.0 Å². The lowest BCUT2D eigenvalue weighted by atomic mass is 10.1. The van der Waals surface area contributed by atoms with Gasteiger partial charge in [0.1, 0.15) is 0 Å². The van der Waals surface area contributed by atoms with Crippen molar-refractivity contribution in [3.63, 3.8) is 0 Å². The Hall–Kier alpha value is -0.570. The molecule has 0 saturated heterocycles. The highest BCUT2D eigenvalue weighted by Crippen LogP contribution is 2.24. The van der Waals surface area contributed by atoms with Crippen LogP contribution in [0.2, 0.25) is 0 Å². The zero-order valence-corrected chi connectivity index (χ0v) is 12.6. The lowest BCUT2D eigenvalue weighted by Gasteiger charge is -2.28. The van der Waals surface area contributed by atoms with Gasteiger partial charge in [0.25, 0.3) is 0 Å². The SMILES string of the molecule is CCCCCCCCC(=O)N(CCO)C1CCCC1. The van der Waals surface area contributed by atoms with E-state index in [0.29, 0.717) is 19.0 Å². The van der Waals surface area contributed by atoms with Crippen LogP contribution in [0.3, 0.4) is 0 Å². The average molecular weight is 269 g/mol. The summed E-state index contributed by atoms with van der Waals surface area (Å²) in [5.74, 6) is 0.261. The van der Waals surface area contributed by atoms with Gasteiger partial charge in [0.05, 0.1) is 6.61 Å². The first-order valence-electron chi connectivity index (χ1n) is 8.20. The summed E-state index contributed by atoms with van der Waals surface area (Å²) >= 11 is 0. The summed E-state index contributed by atoms with van der Waals surface area (Å²) in [4.78, 5) is 14.2. The van der Waals surface area contributed by atoms with Crippen LogP contribution in [0, 0.1) is 0 Å². The molecule has 0 unspecified atom stereocenters. The second-order valence-electron chi connectivity index (χ2n) is 5.77. The van der Waals surface area contributed by atoms with E-state index in [-0.39, 0.29) is 12.5 Å². The van der Waals surface area contributed by atoms with Crippen LogP contribution in [-0.4, -0.2) is 35.1 Å². The average Bonchev–Trinajstić information content (AvgIpc) is 2.93. The fourth-order valence-electron chi connectivity index (χ4n) is 3.03. The van der Waals surface area contributed by atoms with Gasteiger partial charge < -0.3 is 10.0 Å². The lowest BCUT2D eigenvalue weighted by Crippen LogP contribution is -2.40. The molecule has 1 aliphatic rings. The first-order chi connectivity index (χ1) is 9.29. The molecule has 19 heavy (non-hydrogen) atoms. The predicted molar refractivity (Wildman–Crippen MR) is 79.0 cm³/mol. The lowest BCUT2D eigenvalue weighted by molar-refractivity contribution is -0.134. The van der Waals surface area contributed by atoms with E-state index in [9.17, 15) is 4.79 Å². The standard InChI is InChI=1S/C16H31NO2/c1-2-3-4-5-6-7-12-16(19)17(13-14-18)15-10-8-9-11-15/h15,18H,2-14H2,1H3. The summed E-state index contributed by atoms with van der Waals surface area (Å²) in [6, 6.07) is 0.403. The molecule has 0 bridgehead atoms. The van der Waals surface area contributed by atoms with Crippen LogP contribution in [0.5, 0.6) is 0 Å². The Balaban J connectivity index is 2.20. The first kappa shape index (κ1) is 16.5. The molecule has 1 saturated carbocycles. The minimum atomic E-state index is 0.0960. The molecular weight excluding hydrogens is 238 g/mol. The normalized spacial score (nSPS) is 15.9. The molecular formula is C16H31NO2. The monoisotopic (exact) mass is 269 g/mol. The van der Waals surface area contributed by atoms with Crippen molar-refractivity contribution >= 4 is 5.91 Å². The van der Waals surface area contributed by atoms with Gasteiger partial charge in [-0.05, 0) is 19.3 Å². The Morgan fingerprint density at radius 3 is 2.37 bits per heavy atom. The van der Waals surface area contributed by atoms with Crippen molar-refractivity contribution < 1.29 is 9.90 Å². The molecule has 112 valence electrons. The molecule has 3 nitrogen and oxygen atoms in total. The van der Waals surface area contributed by atoms with Crippen LogP contribution in [0.15, 0.2) is 0 Å². The van der Waals surface area contributed by atoms with Crippen molar-refractivity contribution in [2.45, 2.75) is 83.6 Å². The van der Waals surface area contributed by atoms with Gasteiger partial charge in [-0.2, -0.15) is 0 Å². The van der Waals surface area contributed by atoms with Crippen LogP contribution < -0.4 is 0 Å². The molecule has 1 fully saturated rings. The van der Waals surface area contributed by atoms with Gasteiger partial charge >= 0.3 is 0 Å². The number of nitrogens with zero attached hydrogens (tertiary/aromatic N) is 1. The largest absolute Gasteiger partial charge is 0.395 e. The summed E-state index contributed by atoms with van der Waals surface area (Å²) in [6.07, 6.45) is 12.7. The topological polar surface area (TPSA) is 40.5 Å². The number of carbonyl (C=O) groups is 1. The third-order valence-corrected chi connectivity index (χ3v) is 4.17. The third kappa shape index (κ3) is 6.42. The number of hydrogen-bond acceptors (Lipinski definition) is 2. The molecule has 0 atom stereocenters. The van der Waals surface area contributed by atoms with E-state index in [1.165, 1.54) is 44.9 Å². The van der Waals surface area contributed by atoms with E-state index in [0.717, 1.165) is 19.3 Å². The zero-order valence-electron chi connectivity index (χ0n) is 12.6. The Labute approximate surface area is 118 Å². The van der Waals surface area contributed by atoms with Crippen LogP contribution in [0.4, 0.5) is 0 Å². The zero-order chi connectivity index (χ0) is 13.9. The molecule has 0 aliphatic heterocycles. The Morgan fingerprint density at radius 2 is 1.74 bits per heavy atom. The van der Waals surface area contributed by atoms with Crippen molar-refractivity contribution in [2.75, 3.05) is 13.2 Å². The maximum absolute atomic E-state index is 12.2. The number of amides is 1. The third-order valence-electron chi connectivity index (χ3n) is 4.17. The highest BCUT2D eigenvalue weighted by atomic mass is 16.3. The van der Waals surface area contributed by atoms with Crippen LogP contribution in [-0.2, 0) is 4.79 Å². The Kier molecular flexibility index (Phi) is 8.89. The van der Waals surface area contributed by atoms with Crippen LogP contribution in [0.1, 0.15) is 77.6 Å². The fourth-order valence-corrected chi connectivity index (χ4v) is 3.03. The second kappa shape index (κ2) is 10.2. The van der Waals surface area contributed by atoms with Gasteiger partial charge in [-0.1, -0.05) is 51.9 Å². The summed E-state index contributed by atoms with van der Waals surface area (Å²) in [5, 5.41) is 9.12. The van der Waals surface area contributed by atoms with Crippen molar-refractivity contribution in [3.8, 4) is 0 Å². The number of rotatable bonds is 10. The molecule has 1 N–H and O–H groups in total. The molecule has 0 aromatic heterocycles. The molecule has 0 spiro atoms. The minimum Gasteiger partial charge on any atom is -0.395 e. The van der Waals surface area contributed by atoms with Gasteiger partial charge in [-0.15, -0.1) is 0 Å². The van der Waals surface area contributed by atoms with Gasteiger partial charge in [0.15, 0.2) is 0 Å². The summed E-state index contributed by atoms with van der Waals surface area (Å²) in [5.41, 5.74) is 0. The highest BCUT2D eigenvalue weighted by molar-refractivity contribution is 5.76. The summed E-state index contributed by atoms with van der Waals surface area (Å²) in [6.45, 7) is 2.84. The number of carbonyl (C=O) groups excluding carboxylic acids is 1. The minimum absolute atomic E-state index is 0.0960. The van der Waals surface area contributed by atoms with Gasteiger partial charge in [-0.25, -0.2) is 0 Å². The summed E-state index contributed by atoms with van der Waals surface area (Å²) < 4.78 is 0. The summed E-state index contributed by atoms with van der Waals surface area (Å²) in [7, 11) is 0. The fraction of sp³-hybridized carbons (Fsp3) is 0.938. The van der Waals surface area contributed by atoms with Gasteiger partial charge in [-0.3, -0.25) is 4.79 Å². The number of aliphatic hydroxyl groups is 1.